The van der Waals surface area contributed by atoms with E-state index in [0.717, 1.165) is 29.2 Å². The third-order valence-electron chi connectivity index (χ3n) is 5.32. The van der Waals surface area contributed by atoms with Crippen LogP contribution in [0.4, 0.5) is 0 Å². The molecule has 5 nitrogen and oxygen atoms in total. The highest BCUT2D eigenvalue weighted by Gasteiger charge is 2.16. The second-order valence-corrected chi connectivity index (χ2v) is 8.41. The Morgan fingerprint density at radius 3 is 2.28 bits per heavy atom. The molecule has 4 rings (SSSR count). The van der Waals surface area contributed by atoms with Crippen molar-refractivity contribution in [3.8, 4) is 11.1 Å². The first-order valence-electron chi connectivity index (χ1n) is 10.9. The maximum absolute atomic E-state index is 12.0. The first-order valence-corrected chi connectivity index (χ1v) is 10.9. The fourth-order valence-electron chi connectivity index (χ4n) is 3.83. The number of hydrogen-bond acceptors (Lipinski definition) is 3. The van der Waals surface area contributed by atoms with Gasteiger partial charge in [0.05, 0.1) is 12.1 Å². The van der Waals surface area contributed by atoms with Crippen LogP contribution in [-0.2, 0) is 19.4 Å². The van der Waals surface area contributed by atoms with Crippen LogP contribution in [0.1, 0.15) is 47.0 Å². The van der Waals surface area contributed by atoms with E-state index < -0.39 is 5.97 Å². The van der Waals surface area contributed by atoms with Crippen LogP contribution in [0.2, 0.25) is 0 Å². The highest BCUT2D eigenvalue weighted by molar-refractivity contribution is 5.96. The number of carboxylic acids is 1. The molecule has 162 valence electrons. The smallest absolute Gasteiger partial charge is 0.336 e. The van der Waals surface area contributed by atoms with Gasteiger partial charge in [-0.05, 0) is 34.2 Å². The van der Waals surface area contributed by atoms with Crippen molar-refractivity contribution in [2.75, 3.05) is 0 Å². The van der Waals surface area contributed by atoms with E-state index in [0.29, 0.717) is 30.0 Å². The summed E-state index contributed by atoms with van der Waals surface area (Å²) in [5, 5.41) is 14.6. The average Bonchev–Trinajstić information content (AvgIpc) is 3.14. The number of rotatable bonds is 8. The first kappa shape index (κ1) is 21.5. The summed E-state index contributed by atoms with van der Waals surface area (Å²) in [6.07, 6.45) is 1.49. The van der Waals surface area contributed by atoms with Crippen molar-refractivity contribution < 1.29 is 9.90 Å². The lowest BCUT2D eigenvalue weighted by atomic mass is 9.97. The van der Waals surface area contributed by atoms with Crippen LogP contribution in [0.5, 0.6) is 0 Å². The fourth-order valence-corrected chi connectivity index (χ4v) is 3.83. The molecule has 1 N–H and O–H groups in total. The van der Waals surface area contributed by atoms with Crippen LogP contribution in [0.3, 0.4) is 0 Å². The molecular weight excluding hydrogens is 398 g/mol. The minimum atomic E-state index is -0.934. The summed E-state index contributed by atoms with van der Waals surface area (Å²) in [4.78, 5) is 16.8. The molecule has 0 bridgehead atoms. The summed E-state index contributed by atoms with van der Waals surface area (Å²) in [5.74, 6) is 1.22. The minimum Gasteiger partial charge on any atom is -0.478 e. The van der Waals surface area contributed by atoms with Crippen molar-refractivity contribution in [3.63, 3.8) is 0 Å². The number of carboxylic acid groups (broad SMARTS) is 1. The molecule has 0 spiro atoms. The van der Waals surface area contributed by atoms with Crippen LogP contribution < -0.4 is 0 Å². The maximum Gasteiger partial charge on any atom is 0.336 e. The van der Waals surface area contributed by atoms with Gasteiger partial charge in [-0.3, -0.25) is 0 Å². The normalized spacial score (nSPS) is 11.1. The van der Waals surface area contributed by atoms with E-state index in [-0.39, 0.29) is 0 Å². The van der Waals surface area contributed by atoms with Crippen molar-refractivity contribution in [2.24, 2.45) is 5.92 Å². The molecule has 0 radical (unpaired) electrons. The quantitative estimate of drug-likeness (QED) is 0.406. The van der Waals surface area contributed by atoms with E-state index in [4.69, 9.17) is 10.1 Å². The number of nitrogens with zero attached hydrogens (tertiary/aromatic N) is 3. The Labute approximate surface area is 188 Å². The molecule has 0 aliphatic rings. The molecule has 0 aliphatic carbocycles. The van der Waals surface area contributed by atoms with E-state index in [2.05, 4.69) is 26.0 Å². The zero-order valence-electron chi connectivity index (χ0n) is 18.4. The molecule has 0 aliphatic heterocycles. The van der Waals surface area contributed by atoms with Gasteiger partial charge in [0.25, 0.3) is 0 Å². The standard InChI is InChI=1S/C27H27N3O2/c1-19(2)15-26-28-25(17-20-9-5-3-6-10-20)29-30(26)18-21-13-14-23(24(16-21)27(31)32)22-11-7-4-8-12-22/h3-14,16,19H,15,17-18H2,1-2H3,(H,31,32). The molecule has 5 heteroatoms. The Balaban J connectivity index is 1.65. The molecule has 0 atom stereocenters. The number of aromatic nitrogens is 3. The summed E-state index contributed by atoms with van der Waals surface area (Å²) in [6.45, 7) is 4.80. The number of carbonyl (C=O) groups is 1. The molecule has 0 unspecified atom stereocenters. The predicted molar refractivity (Wildman–Crippen MR) is 126 cm³/mol. The van der Waals surface area contributed by atoms with Gasteiger partial charge < -0.3 is 5.11 Å². The Hall–Kier alpha value is -3.73. The lowest BCUT2D eigenvalue weighted by Gasteiger charge is -2.11. The molecule has 3 aromatic carbocycles. The molecule has 1 aromatic heterocycles. The van der Waals surface area contributed by atoms with Gasteiger partial charge in [0.1, 0.15) is 5.82 Å². The summed E-state index contributed by atoms with van der Waals surface area (Å²) in [6, 6.07) is 25.4. The van der Waals surface area contributed by atoms with Crippen LogP contribution in [-0.4, -0.2) is 25.8 Å². The van der Waals surface area contributed by atoms with Crippen LogP contribution in [0.25, 0.3) is 11.1 Å². The molecular formula is C27H27N3O2. The lowest BCUT2D eigenvalue weighted by molar-refractivity contribution is 0.0697. The van der Waals surface area contributed by atoms with E-state index in [9.17, 15) is 9.90 Å². The van der Waals surface area contributed by atoms with Gasteiger partial charge >= 0.3 is 5.97 Å². The number of benzene rings is 3. The molecule has 0 amide bonds. The average molecular weight is 426 g/mol. The molecule has 0 saturated heterocycles. The van der Waals surface area contributed by atoms with Crippen LogP contribution >= 0.6 is 0 Å². The second kappa shape index (κ2) is 9.60. The number of aromatic carboxylic acids is 1. The van der Waals surface area contributed by atoms with E-state index in [1.807, 2.05) is 65.3 Å². The van der Waals surface area contributed by atoms with Crippen molar-refractivity contribution in [1.82, 2.24) is 14.8 Å². The Bertz CT molecular complexity index is 1200. The largest absolute Gasteiger partial charge is 0.478 e. The second-order valence-electron chi connectivity index (χ2n) is 8.41. The van der Waals surface area contributed by atoms with Gasteiger partial charge in [-0.25, -0.2) is 14.5 Å². The highest BCUT2D eigenvalue weighted by Crippen LogP contribution is 2.25. The van der Waals surface area contributed by atoms with Gasteiger partial charge in [0.15, 0.2) is 5.82 Å². The fraction of sp³-hybridized carbons (Fsp3) is 0.222. The van der Waals surface area contributed by atoms with E-state index >= 15 is 0 Å². The zero-order chi connectivity index (χ0) is 22.5. The van der Waals surface area contributed by atoms with Crippen molar-refractivity contribution in [3.05, 3.63) is 107 Å². The molecule has 0 fully saturated rings. The Kier molecular flexibility index (Phi) is 6.45. The van der Waals surface area contributed by atoms with Gasteiger partial charge in [-0.15, -0.1) is 0 Å². The maximum atomic E-state index is 12.0. The molecule has 32 heavy (non-hydrogen) atoms. The van der Waals surface area contributed by atoms with Crippen LogP contribution in [0.15, 0.2) is 78.9 Å². The summed E-state index contributed by atoms with van der Waals surface area (Å²) in [7, 11) is 0. The predicted octanol–water partition coefficient (Wildman–Crippen LogP) is 5.48. The monoisotopic (exact) mass is 425 g/mol. The van der Waals surface area contributed by atoms with Gasteiger partial charge in [-0.1, -0.05) is 86.6 Å². The number of hydrogen-bond donors (Lipinski definition) is 1. The third-order valence-corrected chi connectivity index (χ3v) is 5.32. The third kappa shape index (κ3) is 5.11. The molecule has 0 saturated carbocycles. The Morgan fingerprint density at radius 2 is 1.62 bits per heavy atom. The summed E-state index contributed by atoms with van der Waals surface area (Å²) in [5.41, 5.74) is 3.96. The van der Waals surface area contributed by atoms with E-state index in [1.165, 1.54) is 5.56 Å². The first-order chi connectivity index (χ1) is 15.5. The Morgan fingerprint density at radius 1 is 0.938 bits per heavy atom. The van der Waals surface area contributed by atoms with Crippen LogP contribution in [0, 0.1) is 5.92 Å². The topological polar surface area (TPSA) is 68.0 Å². The van der Waals surface area contributed by atoms with Crippen molar-refractivity contribution in [2.45, 2.75) is 33.2 Å². The van der Waals surface area contributed by atoms with Crippen molar-refractivity contribution >= 4 is 5.97 Å². The molecule has 1 heterocycles. The van der Waals surface area contributed by atoms with Gasteiger partial charge in [0.2, 0.25) is 0 Å². The summed E-state index contributed by atoms with van der Waals surface area (Å²) < 4.78 is 1.92. The van der Waals surface area contributed by atoms with Gasteiger partial charge in [-0.2, -0.15) is 5.10 Å². The summed E-state index contributed by atoms with van der Waals surface area (Å²) >= 11 is 0. The van der Waals surface area contributed by atoms with E-state index in [1.54, 1.807) is 6.07 Å². The van der Waals surface area contributed by atoms with Crippen molar-refractivity contribution in [1.29, 1.82) is 0 Å². The zero-order valence-corrected chi connectivity index (χ0v) is 18.4. The SMILES string of the molecule is CC(C)Cc1nc(Cc2ccccc2)nn1Cc1ccc(-c2ccccc2)c(C(=O)O)c1. The molecule has 4 aromatic rings. The minimum absolute atomic E-state index is 0.295. The van der Waals surface area contributed by atoms with Gasteiger partial charge in [0, 0.05) is 12.8 Å². The lowest BCUT2D eigenvalue weighted by Crippen LogP contribution is -2.10. The highest BCUT2D eigenvalue weighted by atomic mass is 16.4.